The van der Waals surface area contributed by atoms with E-state index in [1.165, 1.54) is 18.5 Å². The molecule has 1 aromatic carbocycles. The number of hydrogen-bond donors (Lipinski definition) is 0. The van der Waals surface area contributed by atoms with Crippen molar-refractivity contribution in [1.82, 2.24) is 24.0 Å². The van der Waals surface area contributed by atoms with Crippen LogP contribution in [0.25, 0.3) is 11.6 Å². The van der Waals surface area contributed by atoms with Crippen molar-refractivity contribution < 1.29 is 0 Å². The first-order valence-electron chi connectivity index (χ1n) is 9.12. The number of hydrogen-bond acceptors (Lipinski definition) is 3. The van der Waals surface area contributed by atoms with E-state index in [2.05, 4.69) is 67.5 Å². The molecule has 1 fully saturated rings. The van der Waals surface area contributed by atoms with E-state index in [-0.39, 0.29) is 0 Å². The van der Waals surface area contributed by atoms with Crippen LogP contribution in [0.1, 0.15) is 18.9 Å². The minimum atomic E-state index is 0.668. The summed E-state index contributed by atoms with van der Waals surface area (Å²) in [6.45, 7) is 7.43. The third-order valence-corrected chi connectivity index (χ3v) is 5.05. The molecule has 0 N–H and O–H groups in total. The van der Waals surface area contributed by atoms with E-state index in [1.807, 2.05) is 18.6 Å². The van der Waals surface area contributed by atoms with Gasteiger partial charge in [0.05, 0.1) is 0 Å². The summed E-state index contributed by atoms with van der Waals surface area (Å²) in [6.07, 6.45) is 9.10. The molecule has 3 heterocycles. The highest BCUT2D eigenvalue weighted by atomic mass is 15.2. The zero-order valence-corrected chi connectivity index (χ0v) is 14.8. The van der Waals surface area contributed by atoms with Gasteiger partial charge in [0.25, 0.3) is 0 Å². The fourth-order valence-electron chi connectivity index (χ4n) is 3.76. The molecule has 0 spiro atoms. The lowest BCUT2D eigenvalue weighted by Crippen LogP contribution is -2.21. The van der Waals surface area contributed by atoms with Gasteiger partial charge in [0, 0.05) is 51.0 Å². The van der Waals surface area contributed by atoms with Crippen molar-refractivity contribution in [2.24, 2.45) is 5.92 Å². The van der Waals surface area contributed by atoms with Crippen LogP contribution in [0, 0.1) is 5.92 Å². The van der Waals surface area contributed by atoms with Crippen LogP contribution in [0.5, 0.6) is 0 Å². The Bertz CT molecular complexity index is 804. The van der Waals surface area contributed by atoms with Gasteiger partial charge in [-0.15, -0.1) is 0 Å². The maximum atomic E-state index is 4.56. The second kappa shape index (κ2) is 7.23. The summed E-state index contributed by atoms with van der Waals surface area (Å²) in [6, 6.07) is 10.8. The van der Waals surface area contributed by atoms with Crippen molar-refractivity contribution in [2.75, 3.05) is 13.1 Å². The summed E-state index contributed by atoms with van der Waals surface area (Å²) in [5, 5.41) is 0. The predicted octanol–water partition coefficient (Wildman–Crippen LogP) is 3.29. The Balaban J connectivity index is 1.42. The highest BCUT2D eigenvalue weighted by molar-refractivity contribution is 5.44. The van der Waals surface area contributed by atoms with Crippen molar-refractivity contribution in [3.63, 3.8) is 0 Å². The molecule has 1 saturated heterocycles. The van der Waals surface area contributed by atoms with Gasteiger partial charge in [0.2, 0.25) is 0 Å². The van der Waals surface area contributed by atoms with Gasteiger partial charge in [0.15, 0.2) is 11.6 Å². The first-order valence-corrected chi connectivity index (χ1v) is 9.12. The van der Waals surface area contributed by atoms with E-state index in [0.29, 0.717) is 5.92 Å². The van der Waals surface area contributed by atoms with Crippen LogP contribution in [0.3, 0.4) is 0 Å². The average molecular weight is 335 g/mol. The molecule has 25 heavy (non-hydrogen) atoms. The average Bonchev–Trinajstić information content (AvgIpc) is 3.36. The monoisotopic (exact) mass is 335 g/mol. The van der Waals surface area contributed by atoms with Crippen molar-refractivity contribution in [3.8, 4) is 11.6 Å². The number of aryl methyl sites for hydroxylation is 1. The van der Waals surface area contributed by atoms with Gasteiger partial charge in [-0.3, -0.25) is 4.90 Å². The Labute approximate surface area is 148 Å². The summed E-state index contributed by atoms with van der Waals surface area (Å²) < 4.78 is 4.42. The van der Waals surface area contributed by atoms with Gasteiger partial charge in [-0.2, -0.15) is 0 Å². The number of benzene rings is 1. The van der Waals surface area contributed by atoms with Crippen LogP contribution in [-0.2, 0) is 19.6 Å². The Hall–Kier alpha value is -2.40. The third-order valence-electron chi connectivity index (χ3n) is 5.05. The van der Waals surface area contributed by atoms with Crippen LogP contribution in [0.15, 0.2) is 55.1 Å². The quantitative estimate of drug-likeness (QED) is 0.694. The summed E-state index contributed by atoms with van der Waals surface area (Å²) in [5.41, 5.74) is 1.40. The second-order valence-electron chi connectivity index (χ2n) is 6.82. The molecule has 0 amide bonds. The van der Waals surface area contributed by atoms with Gasteiger partial charge in [0.1, 0.15) is 0 Å². The van der Waals surface area contributed by atoms with Crippen LogP contribution < -0.4 is 0 Å². The third kappa shape index (κ3) is 3.51. The van der Waals surface area contributed by atoms with Gasteiger partial charge in [-0.25, -0.2) is 9.97 Å². The number of likely N-dealkylation sites (tertiary alicyclic amines) is 1. The summed E-state index contributed by atoms with van der Waals surface area (Å²) in [4.78, 5) is 11.6. The molecular formula is C20H25N5. The molecular weight excluding hydrogens is 310 g/mol. The van der Waals surface area contributed by atoms with Gasteiger partial charge < -0.3 is 9.13 Å². The Morgan fingerprint density at radius 2 is 1.72 bits per heavy atom. The maximum absolute atomic E-state index is 4.56. The lowest BCUT2D eigenvalue weighted by molar-refractivity contribution is 0.309. The lowest BCUT2D eigenvalue weighted by atomic mass is 10.1. The maximum Gasteiger partial charge on any atom is 0.176 e. The molecule has 1 aliphatic rings. The molecule has 0 saturated carbocycles. The van der Waals surface area contributed by atoms with Gasteiger partial charge in [-0.05, 0) is 31.4 Å². The van der Waals surface area contributed by atoms with Crippen LogP contribution >= 0.6 is 0 Å². The standard InChI is InChI=1S/C20H25N5/c1-2-24-12-9-21-19(24)20-22-10-13-25(20)16-18-8-11-23(15-18)14-17-6-4-3-5-7-17/h3-7,9-10,12-13,18H,2,8,11,14-16H2,1H3/t18-/m0/s1. The molecule has 0 radical (unpaired) electrons. The molecule has 2 aromatic heterocycles. The lowest BCUT2D eigenvalue weighted by Gasteiger charge is -2.17. The summed E-state index contributed by atoms with van der Waals surface area (Å²) >= 11 is 0. The van der Waals surface area contributed by atoms with Crippen molar-refractivity contribution in [3.05, 3.63) is 60.7 Å². The van der Waals surface area contributed by atoms with Gasteiger partial charge in [-0.1, -0.05) is 30.3 Å². The van der Waals surface area contributed by atoms with E-state index in [9.17, 15) is 0 Å². The highest BCUT2D eigenvalue weighted by Crippen LogP contribution is 2.23. The first-order chi connectivity index (χ1) is 12.3. The Morgan fingerprint density at radius 1 is 1.00 bits per heavy atom. The van der Waals surface area contributed by atoms with Crippen molar-refractivity contribution >= 4 is 0 Å². The molecule has 5 heteroatoms. The molecule has 1 aliphatic heterocycles. The predicted molar refractivity (Wildman–Crippen MR) is 98.9 cm³/mol. The molecule has 4 rings (SSSR count). The van der Waals surface area contributed by atoms with Crippen LogP contribution in [0.2, 0.25) is 0 Å². The molecule has 0 bridgehead atoms. The highest BCUT2D eigenvalue weighted by Gasteiger charge is 2.24. The normalized spacial score (nSPS) is 18.0. The van der Waals surface area contributed by atoms with Crippen LogP contribution in [-0.4, -0.2) is 37.1 Å². The smallest absolute Gasteiger partial charge is 0.176 e. The number of aromatic nitrogens is 4. The molecule has 0 unspecified atom stereocenters. The van der Waals surface area contributed by atoms with Crippen molar-refractivity contribution in [1.29, 1.82) is 0 Å². The molecule has 5 nitrogen and oxygen atoms in total. The number of nitrogens with zero attached hydrogens (tertiary/aromatic N) is 5. The van der Waals surface area contributed by atoms with E-state index in [0.717, 1.165) is 37.8 Å². The Morgan fingerprint density at radius 3 is 2.48 bits per heavy atom. The van der Waals surface area contributed by atoms with E-state index >= 15 is 0 Å². The Kier molecular flexibility index (Phi) is 4.65. The molecule has 130 valence electrons. The van der Waals surface area contributed by atoms with Crippen LogP contribution in [0.4, 0.5) is 0 Å². The fourth-order valence-corrected chi connectivity index (χ4v) is 3.76. The topological polar surface area (TPSA) is 38.9 Å². The van der Waals surface area contributed by atoms with Gasteiger partial charge >= 0.3 is 0 Å². The van der Waals surface area contributed by atoms with E-state index < -0.39 is 0 Å². The summed E-state index contributed by atoms with van der Waals surface area (Å²) in [7, 11) is 0. The number of rotatable bonds is 6. The largest absolute Gasteiger partial charge is 0.329 e. The molecule has 0 aliphatic carbocycles. The number of imidazole rings is 2. The van der Waals surface area contributed by atoms with Crippen molar-refractivity contribution in [2.45, 2.75) is 33.0 Å². The zero-order valence-electron chi connectivity index (χ0n) is 14.8. The minimum absolute atomic E-state index is 0.668. The van der Waals surface area contributed by atoms with E-state index in [4.69, 9.17) is 0 Å². The fraction of sp³-hybridized carbons (Fsp3) is 0.400. The molecule has 3 aromatic rings. The SMILES string of the molecule is CCn1ccnc1-c1nccn1C[C@H]1CCN(Cc2ccccc2)C1. The minimum Gasteiger partial charge on any atom is -0.329 e. The van der Waals surface area contributed by atoms with E-state index in [1.54, 1.807) is 0 Å². The zero-order chi connectivity index (χ0) is 17.1. The first kappa shape index (κ1) is 16.1. The molecule has 1 atom stereocenters. The summed E-state index contributed by atoms with van der Waals surface area (Å²) in [5.74, 6) is 2.61. The second-order valence-corrected chi connectivity index (χ2v) is 6.82.